The highest BCUT2D eigenvalue weighted by Gasteiger charge is 2.37. The summed E-state index contributed by atoms with van der Waals surface area (Å²) in [5.41, 5.74) is 5.67. The molecule has 0 aromatic carbocycles. The number of aromatic nitrogens is 2. The Morgan fingerprint density at radius 3 is 1.64 bits per heavy atom. The molecule has 42 heavy (non-hydrogen) atoms. The van der Waals surface area contributed by atoms with Crippen LogP contribution in [0.4, 0.5) is 5.13 Å². The highest BCUT2D eigenvalue weighted by Crippen LogP contribution is 2.19. The Balaban J connectivity index is 0. The zero-order valence-electron chi connectivity index (χ0n) is 24.6. The summed E-state index contributed by atoms with van der Waals surface area (Å²) in [7, 11) is 0. The number of carbonyl (C=O) groups excluding carboxylic acids is 3. The Bertz CT molecular complexity index is 1180. The molecule has 0 saturated heterocycles. The molecule has 0 fully saturated rings. The first-order valence-corrected chi connectivity index (χ1v) is 12.5. The maximum atomic E-state index is 12.0. The number of hydrogen-bond donors (Lipinski definition) is 4. The van der Waals surface area contributed by atoms with Crippen molar-refractivity contribution in [1.82, 2.24) is 9.36 Å². The van der Waals surface area contributed by atoms with Crippen molar-refractivity contribution in [1.29, 1.82) is 5.41 Å². The molecule has 1 aromatic rings. The molecule has 0 unspecified atom stereocenters. The number of anilines is 1. The average molecular weight is 620 g/mol. The van der Waals surface area contributed by atoms with Gasteiger partial charge in [-0.15, -0.1) is 0 Å². The lowest BCUT2D eigenvalue weighted by atomic mass is 10.1. The van der Waals surface area contributed by atoms with Crippen LogP contribution in [0, 0.1) is 5.41 Å². The van der Waals surface area contributed by atoms with Crippen molar-refractivity contribution < 1.29 is 48.2 Å². The molecule has 1 heterocycles. The van der Waals surface area contributed by atoms with Gasteiger partial charge in [0, 0.05) is 11.5 Å². The minimum atomic E-state index is -1.48. The fourth-order valence-corrected chi connectivity index (χ4v) is 2.31. The van der Waals surface area contributed by atoms with Gasteiger partial charge in [-0.1, -0.05) is 12.6 Å². The van der Waals surface area contributed by atoms with Crippen LogP contribution in [0.15, 0.2) is 10.3 Å². The van der Waals surface area contributed by atoms with Gasteiger partial charge in [0.2, 0.25) is 22.7 Å². The number of nitrogens with zero attached hydrogens (tertiary/aromatic N) is 4. The minimum absolute atomic E-state index is 0. The summed E-state index contributed by atoms with van der Waals surface area (Å²) in [6.07, 6.45) is 0. The maximum absolute atomic E-state index is 12.0. The third-order valence-corrected chi connectivity index (χ3v) is 4.29. The number of carboxylic acid groups (broad SMARTS) is 1. The molecule has 238 valence electrons. The van der Waals surface area contributed by atoms with Crippen molar-refractivity contribution in [2.75, 3.05) is 5.73 Å². The van der Waals surface area contributed by atoms with Crippen molar-refractivity contribution in [3.63, 3.8) is 0 Å². The van der Waals surface area contributed by atoms with Gasteiger partial charge in [0.15, 0.2) is 11.0 Å². The topological polar surface area (TPSA) is 261 Å². The highest BCUT2D eigenvalue weighted by atomic mass is 32.1. The number of ether oxygens (including phenoxy) is 3. The van der Waals surface area contributed by atoms with Crippen LogP contribution in [0.5, 0.6) is 0 Å². The molecule has 0 radical (unpaired) electrons. The van der Waals surface area contributed by atoms with E-state index >= 15 is 0 Å². The van der Waals surface area contributed by atoms with E-state index < -0.39 is 57.8 Å². The van der Waals surface area contributed by atoms with Gasteiger partial charge in [-0.2, -0.15) is 9.36 Å². The number of oxime groups is 2. The minimum Gasteiger partial charge on any atom is -0.476 e. The molecule has 1 rings (SSSR count). The van der Waals surface area contributed by atoms with Gasteiger partial charge >= 0.3 is 17.9 Å². The number of hydrogen-bond acceptors (Lipinski definition) is 16. The van der Waals surface area contributed by atoms with Crippen molar-refractivity contribution in [3.05, 3.63) is 5.82 Å². The van der Waals surface area contributed by atoms with Gasteiger partial charge in [-0.25, -0.2) is 14.4 Å². The monoisotopic (exact) mass is 619 g/mol. The molecule has 18 heteroatoms. The van der Waals surface area contributed by atoms with E-state index in [1.165, 1.54) is 27.7 Å². The predicted molar refractivity (Wildman–Crippen MR) is 154 cm³/mol. The number of nitrogens with one attached hydrogen (secondary N) is 1. The summed E-state index contributed by atoms with van der Waals surface area (Å²) in [6.45, 7) is 15.9. The van der Waals surface area contributed by atoms with Gasteiger partial charge in [0.1, 0.15) is 11.2 Å². The zero-order chi connectivity index (χ0) is 32.4. The zero-order valence-corrected chi connectivity index (χ0v) is 25.4. The van der Waals surface area contributed by atoms with E-state index in [1.807, 2.05) is 0 Å². The fraction of sp³-hybridized carbons (Fsp3) is 0.625. The second kappa shape index (κ2) is 15.6. The molecule has 0 amide bonds. The first-order chi connectivity index (χ1) is 18.4. The molecule has 17 nitrogen and oxygen atoms in total. The summed E-state index contributed by atoms with van der Waals surface area (Å²) >= 11 is 0.823. The normalized spacial score (nSPS) is 12.4. The van der Waals surface area contributed by atoms with Crippen LogP contribution >= 0.6 is 11.5 Å². The Hall–Kier alpha value is -4.35. The predicted octanol–water partition coefficient (Wildman–Crippen LogP) is 2.23. The first kappa shape index (κ1) is 39.8. The smallest absolute Gasteiger partial charge is 0.362 e. The van der Waals surface area contributed by atoms with Gasteiger partial charge < -0.3 is 40.5 Å². The van der Waals surface area contributed by atoms with Crippen molar-refractivity contribution >= 4 is 58.5 Å². The maximum Gasteiger partial charge on any atom is 0.362 e. The molecule has 0 spiro atoms. The van der Waals surface area contributed by atoms with Crippen LogP contribution in [0.25, 0.3) is 0 Å². The summed E-state index contributed by atoms with van der Waals surface area (Å²) in [5.74, 6) is -4.07. The fourth-order valence-electron chi connectivity index (χ4n) is 1.88. The van der Waals surface area contributed by atoms with E-state index in [4.69, 9.17) is 41.1 Å². The SMILES string of the molecule is C.CC(C)(C)OC(=O)C(C)(C)O/N=C(\C(=O)O)c1nsc(N)n1.CC(C)(C)OC(=O)C(C)(C)O/N=C(\OC=O)C(=N)N. The van der Waals surface area contributed by atoms with Crippen LogP contribution < -0.4 is 11.5 Å². The van der Waals surface area contributed by atoms with Gasteiger partial charge in [-0.3, -0.25) is 10.2 Å². The Labute approximate surface area is 248 Å². The van der Waals surface area contributed by atoms with Crippen LogP contribution in [0.2, 0.25) is 0 Å². The molecule has 1 aromatic heterocycles. The van der Waals surface area contributed by atoms with E-state index in [-0.39, 0.29) is 24.9 Å². The van der Waals surface area contributed by atoms with Gasteiger partial charge in [-0.05, 0) is 74.4 Å². The molecular weight excluding hydrogens is 578 g/mol. The number of nitrogen functional groups attached to an aromatic ring is 1. The molecule has 0 aliphatic carbocycles. The largest absolute Gasteiger partial charge is 0.476 e. The summed E-state index contributed by atoms with van der Waals surface area (Å²) in [6, 6.07) is 0. The molecular formula is C24H41N7O10S. The average Bonchev–Trinajstić information content (AvgIpc) is 3.20. The molecule has 0 atom stereocenters. The second-order valence-electron chi connectivity index (χ2n) is 10.9. The van der Waals surface area contributed by atoms with E-state index in [0.29, 0.717) is 0 Å². The summed E-state index contributed by atoms with van der Waals surface area (Å²) < 4.78 is 18.4. The van der Waals surface area contributed by atoms with Crippen LogP contribution in [-0.4, -0.2) is 78.7 Å². The molecule has 0 aliphatic heterocycles. The number of aliphatic carboxylic acids is 1. The standard InChI is InChI=1S/C12H18N4O5S.C11H19N3O5.CH4/c1-11(2,3)20-9(19)12(4,5)21-15-6(8(17)18)7-14-10(13)22-16-7;1-10(2,3)18-9(16)11(4,5)19-14-8(7(12)13)17-6-15;/h1-5H3,(H,17,18)(H2,13,14,16);6H,1-5H3,(H3,12,13);1H4/b15-6-;14-8-;. The van der Waals surface area contributed by atoms with Crippen LogP contribution in [0.1, 0.15) is 82.5 Å². The second-order valence-corrected chi connectivity index (χ2v) is 11.7. The number of esters is 2. The van der Waals surface area contributed by atoms with Crippen molar-refractivity contribution in [2.45, 2.75) is 99.1 Å². The molecule has 0 aliphatic rings. The number of carbonyl (C=O) groups is 4. The molecule has 0 saturated carbocycles. The van der Waals surface area contributed by atoms with Crippen molar-refractivity contribution in [2.24, 2.45) is 16.0 Å². The lowest BCUT2D eigenvalue weighted by Gasteiger charge is -2.26. The van der Waals surface area contributed by atoms with Gasteiger partial charge in [0.05, 0.1) is 0 Å². The van der Waals surface area contributed by atoms with Gasteiger partial charge in [0.25, 0.3) is 12.4 Å². The van der Waals surface area contributed by atoms with Crippen molar-refractivity contribution in [3.8, 4) is 0 Å². The lowest BCUT2D eigenvalue weighted by Crippen LogP contribution is -2.40. The van der Waals surface area contributed by atoms with Crippen LogP contribution in [0.3, 0.4) is 0 Å². The first-order valence-electron chi connectivity index (χ1n) is 11.7. The highest BCUT2D eigenvalue weighted by molar-refractivity contribution is 7.09. The Morgan fingerprint density at radius 2 is 1.33 bits per heavy atom. The number of rotatable bonds is 9. The van der Waals surface area contributed by atoms with E-state index in [9.17, 15) is 19.2 Å². The third kappa shape index (κ3) is 14.9. The molecule has 6 N–H and O–H groups in total. The summed E-state index contributed by atoms with van der Waals surface area (Å²) in [4.78, 5) is 58.8. The third-order valence-electron chi connectivity index (χ3n) is 3.75. The van der Waals surface area contributed by atoms with E-state index in [0.717, 1.165) is 11.5 Å². The number of carboxylic acids is 1. The Morgan fingerprint density at radius 1 is 0.905 bits per heavy atom. The summed E-state index contributed by atoms with van der Waals surface area (Å²) in [5, 5.41) is 23.1. The lowest BCUT2D eigenvalue weighted by molar-refractivity contribution is -0.180. The van der Waals surface area contributed by atoms with E-state index in [2.05, 4.69) is 24.4 Å². The quantitative estimate of drug-likeness (QED) is 0.0771. The van der Waals surface area contributed by atoms with E-state index in [1.54, 1.807) is 41.5 Å². The number of amidine groups is 1. The Kier molecular flexibility index (Phi) is 14.8. The number of nitrogens with two attached hydrogens (primary N) is 2. The molecule has 0 bridgehead atoms. The van der Waals surface area contributed by atoms with Crippen LogP contribution in [-0.2, 0) is 43.1 Å².